The van der Waals surface area contributed by atoms with E-state index in [1.165, 1.54) is 5.56 Å². The Kier molecular flexibility index (Phi) is 5.76. The Morgan fingerprint density at radius 1 is 0.900 bits per heavy atom. The number of pyridine rings is 1. The second kappa shape index (κ2) is 8.47. The molecule has 5 heteroatoms. The molecule has 0 spiro atoms. The van der Waals surface area contributed by atoms with Crippen molar-refractivity contribution in [3.63, 3.8) is 0 Å². The van der Waals surface area contributed by atoms with E-state index in [0.29, 0.717) is 27.2 Å². The fourth-order valence-electron chi connectivity index (χ4n) is 3.37. The van der Waals surface area contributed by atoms with Crippen LogP contribution in [0.1, 0.15) is 35.7 Å². The van der Waals surface area contributed by atoms with Gasteiger partial charge in [-0.15, -0.1) is 0 Å². The highest BCUT2D eigenvalue weighted by Gasteiger charge is 2.15. The van der Waals surface area contributed by atoms with Crippen LogP contribution in [0.25, 0.3) is 22.2 Å². The summed E-state index contributed by atoms with van der Waals surface area (Å²) in [5, 5.41) is 4.60. The van der Waals surface area contributed by atoms with Crippen molar-refractivity contribution in [3.8, 4) is 11.3 Å². The third-order valence-electron chi connectivity index (χ3n) is 4.95. The lowest BCUT2D eigenvalue weighted by atomic mass is 9.99. The fourth-order valence-corrected chi connectivity index (χ4v) is 3.90. The average molecular weight is 435 g/mol. The Balaban J connectivity index is 1.77. The molecule has 0 aliphatic carbocycles. The lowest BCUT2D eigenvalue weighted by molar-refractivity contribution is 0.102. The van der Waals surface area contributed by atoms with Crippen LogP contribution in [0.3, 0.4) is 0 Å². The number of nitrogens with one attached hydrogen (secondary N) is 1. The van der Waals surface area contributed by atoms with Gasteiger partial charge in [-0.1, -0.05) is 79.5 Å². The van der Waals surface area contributed by atoms with Crippen LogP contribution in [-0.4, -0.2) is 10.9 Å². The molecular formula is C25H20Cl2N2O. The van der Waals surface area contributed by atoms with E-state index in [-0.39, 0.29) is 5.91 Å². The van der Waals surface area contributed by atoms with Crippen molar-refractivity contribution < 1.29 is 4.79 Å². The molecule has 0 aliphatic heterocycles. The van der Waals surface area contributed by atoms with Crippen LogP contribution in [0.15, 0.2) is 72.8 Å². The minimum Gasteiger partial charge on any atom is -0.322 e. The maximum Gasteiger partial charge on any atom is 0.256 e. The Labute approximate surface area is 185 Å². The standard InChI is InChI=1S/C25H20Cl2N2O/c1-15(2)16-7-9-17(10-8-16)24-14-22(21-5-3-4-6-23(21)29-24)25(30)28-20-12-18(26)11-19(27)13-20/h3-15H,1-2H3,(H,28,30). The molecule has 1 amide bonds. The summed E-state index contributed by atoms with van der Waals surface area (Å²) in [5.41, 5.74) is 4.82. The molecule has 0 aliphatic rings. The van der Waals surface area contributed by atoms with E-state index in [0.717, 1.165) is 22.2 Å². The predicted molar refractivity (Wildman–Crippen MR) is 126 cm³/mol. The summed E-state index contributed by atoms with van der Waals surface area (Å²) in [7, 11) is 0. The van der Waals surface area contributed by atoms with Gasteiger partial charge >= 0.3 is 0 Å². The summed E-state index contributed by atoms with van der Waals surface area (Å²) in [6, 6.07) is 22.7. The number of nitrogens with zero attached hydrogens (tertiary/aromatic N) is 1. The molecule has 3 aromatic carbocycles. The van der Waals surface area contributed by atoms with Gasteiger partial charge in [0.2, 0.25) is 0 Å². The zero-order chi connectivity index (χ0) is 21.3. The molecule has 0 fully saturated rings. The predicted octanol–water partition coefficient (Wildman–Crippen LogP) is 7.58. The summed E-state index contributed by atoms with van der Waals surface area (Å²) in [4.78, 5) is 17.9. The fraction of sp³-hybridized carbons (Fsp3) is 0.120. The number of amides is 1. The number of hydrogen-bond acceptors (Lipinski definition) is 2. The summed E-state index contributed by atoms with van der Waals surface area (Å²) in [6.07, 6.45) is 0. The number of para-hydroxylation sites is 1. The normalized spacial score (nSPS) is 11.1. The minimum atomic E-state index is -0.244. The maximum absolute atomic E-state index is 13.2. The third kappa shape index (κ3) is 4.33. The lowest BCUT2D eigenvalue weighted by Crippen LogP contribution is -2.13. The van der Waals surface area contributed by atoms with Gasteiger partial charge in [0.15, 0.2) is 0 Å². The number of halogens is 2. The summed E-state index contributed by atoms with van der Waals surface area (Å²) < 4.78 is 0. The summed E-state index contributed by atoms with van der Waals surface area (Å²) in [5.74, 6) is 0.210. The molecule has 0 saturated heterocycles. The first-order valence-corrected chi connectivity index (χ1v) is 10.4. The van der Waals surface area contributed by atoms with Crippen molar-refractivity contribution in [2.45, 2.75) is 19.8 Å². The number of carbonyl (C=O) groups is 1. The van der Waals surface area contributed by atoms with Crippen molar-refractivity contribution in [2.24, 2.45) is 0 Å². The topological polar surface area (TPSA) is 42.0 Å². The minimum absolute atomic E-state index is 0.244. The van der Waals surface area contributed by atoms with E-state index >= 15 is 0 Å². The lowest BCUT2D eigenvalue weighted by Gasteiger charge is -2.12. The zero-order valence-corrected chi connectivity index (χ0v) is 18.1. The highest BCUT2D eigenvalue weighted by Crippen LogP contribution is 2.28. The van der Waals surface area contributed by atoms with Crippen LogP contribution in [0.2, 0.25) is 10.0 Å². The quantitative estimate of drug-likeness (QED) is 0.359. The van der Waals surface area contributed by atoms with E-state index in [2.05, 4.69) is 31.3 Å². The van der Waals surface area contributed by atoms with Crippen LogP contribution in [0.4, 0.5) is 5.69 Å². The Morgan fingerprint density at radius 2 is 1.57 bits per heavy atom. The number of anilines is 1. The van der Waals surface area contributed by atoms with E-state index in [9.17, 15) is 4.79 Å². The van der Waals surface area contributed by atoms with Crippen LogP contribution < -0.4 is 5.32 Å². The molecule has 0 unspecified atom stereocenters. The zero-order valence-electron chi connectivity index (χ0n) is 16.6. The SMILES string of the molecule is CC(C)c1ccc(-c2cc(C(=O)Nc3cc(Cl)cc(Cl)c3)c3ccccc3n2)cc1. The molecule has 1 heterocycles. The maximum atomic E-state index is 13.2. The van der Waals surface area contributed by atoms with Gasteiger partial charge < -0.3 is 5.32 Å². The molecular weight excluding hydrogens is 415 g/mol. The van der Waals surface area contributed by atoms with Gasteiger partial charge in [0.1, 0.15) is 0 Å². The second-order valence-electron chi connectivity index (χ2n) is 7.46. The number of aromatic nitrogens is 1. The van der Waals surface area contributed by atoms with E-state index in [4.69, 9.17) is 28.2 Å². The monoisotopic (exact) mass is 434 g/mol. The van der Waals surface area contributed by atoms with Crippen molar-refractivity contribution in [1.29, 1.82) is 0 Å². The van der Waals surface area contributed by atoms with E-state index in [1.54, 1.807) is 18.2 Å². The second-order valence-corrected chi connectivity index (χ2v) is 8.33. The van der Waals surface area contributed by atoms with Crippen molar-refractivity contribution in [2.75, 3.05) is 5.32 Å². The first kappa shape index (κ1) is 20.4. The summed E-state index contributed by atoms with van der Waals surface area (Å²) in [6.45, 7) is 4.32. The molecule has 1 N–H and O–H groups in total. The first-order valence-electron chi connectivity index (χ1n) is 9.68. The van der Waals surface area contributed by atoms with Gasteiger partial charge in [-0.05, 0) is 41.8 Å². The number of rotatable bonds is 4. The summed E-state index contributed by atoms with van der Waals surface area (Å²) >= 11 is 12.1. The Hall–Kier alpha value is -2.88. The van der Waals surface area contributed by atoms with Crippen molar-refractivity contribution in [3.05, 3.63) is 94.0 Å². The Bertz CT molecular complexity index is 1210. The molecule has 0 saturated carbocycles. The van der Waals surface area contributed by atoms with Gasteiger partial charge in [-0.2, -0.15) is 0 Å². The third-order valence-corrected chi connectivity index (χ3v) is 5.39. The van der Waals surface area contributed by atoms with Crippen molar-refractivity contribution >= 4 is 45.7 Å². The van der Waals surface area contributed by atoms with Gasteiger partial charge in [-0.25, -0.2) is 4.98 Å². The molecule has 4 aromatic rings. The molecule has 0 radical (unpaired) electrons. The largest absolute Gasteiger partial charge is 0.322 e. The highest BCUT2D eigenvalue weighted by atomic mass is 35.5. The van der Waals surface area contributed by atoms with Gasteiger partial charge in [0.25, 0.3) is 5.91 Å². The van der Waals surface area contributed by atoms with Gasteiger partial charge in [0.05, 0.1) is 16.8 Å². The molecule has 0 bridgehead atoms. The average Bonchev–Trinajstić information content (AvgIpc) is 2.72. The van der Waals surface area contributed by atoms with E-state index < -0.39 is 0 Å². The highest BCUT2D eigenvalue weighted by molar-refractivity contribution is 6.35. The van der Waals surface area contributed by atoms with E-state index in [1.807, 2.05) is 42.5 Å². The van der Waals surface area contributed by atoms with Gasteiger partial charge in [0, 0.05) is 26.7 Å². The molecule has 4 rings (SSSR count). The first-order chi connectivity index (χ1) is 14.4. The van der Waals surface area contributed by atoms with Crippen molar-refractivity contribution in [1.82, 2.24) is 4.98 Å². The Morgan fingerprint density at radius 3 is 2.23 bits per heavy atom. The number of carbonyl (C=O) groups excluding carboxylic acids is 1. The van der Waals surface area contributed by atoms with Crippen LogP contribution in [-0.2, 0) is 0 Å². The van der Waals surface area contributed by atoms with Crippen LogP contribution >= 0.6 is 23.2 Å². The van der Waals surface area contributed by atoms with Crippen LogP contribution in [0, 0.1) is 0 Å². The number of hydrogen-bond donors (Lipinski definition) is 1. The molecule has 1 aromatic heterocycles. The number of fused-ring (bicyclic) bond motifs is 1. The van der Waals surface area contributed by atoms with Gasteiger partial charge in [-0.3, -0.25) is 4.79 Å². The molecule has 30 heavy (non-hydrogen) atoms. The van der Waals surface area contributed by atoms with Crippen LogP contribution in [0.5, 0.6) is 0 Å². The number of benzene rings is 3. The molecule has 0 atom stereocenters. The smallest absolute Gasteiger partial charge is 0.256 e. The molecule has 3 nitrogen and oxygen atoms in total. The molecule has 150 valence electrons.